The van der Waals surface area contributed by atoms with Crippen molar-refractivity contribution >= 4 is 16.6 Å². The Labute approximate surface area is 128 Å². The lowest BCUT2D eigenvalue weighted by molar-refractivity contribution is -0.385. The third-order valence-electron chi connectivity index (χ3n) is 4.15. The molecule has 1 aliphatic heterocycles. The van der Waals surface area contributed by atoms with Gasteiger partial charge >= 0.3 is 0 Å². The van der Waals surface area contributed by atoms with Gasteiger partial charge in [0.05, 0.1) is 23.1 Å². The van der Waals surface area contributed by atoms with Crippen molar-refractivity contribution in [1.29, 1.82) is 0 Å². The average molecular weight is 303 g/mol. The van der Waals surface area contributed by atoms with Crippen molar-refractivity contribution in [2.75, 3.05) is 13.2 Å². The maximum absolute atomic E-state index is 11.3. The van der Waals surface area contributed by atoms with E-state index in [1.807, 2.05) is 6.07 Å². The van der Waals surface area contributed by atoms with E-state index in [2.05, 4.69) is 30.7 Å². The van der Waals surface area contributed by atoms with Crippen LogP contribution in [0.5, 0.6) is 0 Å². The zero-order chi connectivity index (χ0) is 16.1. The van der Waals surface area contributed by atoms with Crippen LogP contribution < -0.4 is 5.32 Å². The summed E-state index contributed by atoms with van der Waals surface area (Å²) in [6, 6.07) is 5.48. The molecule has 22 heavy (non-hydrogen) atoms. The van der Waals surface area contributed by atoms with E-state index in [-0.39, 0.29) is 28.7 Å². The number of benzene rings is 1. The Kier molecular flexibility index (Phi) is 3.45. The highest BCUT2D eigenvalue weighted by Crippen LogP contribution is 2.40. The van der Waals surface area contributed by atoms with Crippen LogP contribution in [0.1, 0.15) is 38.1 Å². The van der Waals surface area contributed by atoms with E-state index in [4.69, 9.17) is 0 Å². The van der Waals surface area contributed by atoms with Gasteiger partial charge in [-0.2, -0.15) is 0 Å². The highest BCUT2D eigenvalue weighted by Gasteiger charge is 2.34. The summed E-state index contributed by atoms with van der Waals surface area (Å²) in [6.45, 7) is 7.64. The van der Waals surface area contributed by atoms with Gasteiger partial charge in [-0.25, -0.2) is 0 Å². The summed E-state index contributed by atoms with van der Waals surface area (Å²) in [5, 5.41) is 24.8. The number of hydrogen-bond donors (Lipinski definition) is 2. The van der Waals surface area contributed by atoms with Gasteiger partial charge in [0, 0.05) is 41.2 Å². The zero-order valence-electron chi connectivity index (χ0n) is 13.1. The molecule has 6 heteroatoms. The molecule has 0 bridgehead atoms. The van der Waals surface area contributed by atoms with Crippen molar-refractivity contribution in [3.63, 3.8) is 0 Å². The summed E-state index contributed by atoms with van der Waals surface area (Å²) in [5.41, 5.74) is 2.87. The number of fused-ring (bicyclic) bond motifs is 1. The number of hydrogen-bond acceptors (Lipinski definition) is 4. The molecule has 3 rings (SSSR count). The van der Waals surface area contributed by atoms with Gasteiger partial charge in [-0.05, 0) is 12.1 Å². The van der Waals surface area contributed by atoms with Crippen LogP contribution in [0.3, 0.4) is 0 Å². The van der Waals surface area contributed by atoms with Gasteiger partial charge < -0.3 is 15.0 Å². The Balaban J connectivity index is 2.33. The molecule has 0 spiro atoms. The summed E-state index contributed by atoms with van der Waals surface area (Å²) in [6.07, 6.45) is 0. The van der Waals surface area contributed by atoms with E-state index < -0.39 is 0 Å². The standard InChI is InChI=1S/C16H21N3O3/c1-16(2,3)14-8-10-12(18(14)6-7-20)4-5-13(19(21)22)15(10)11-9-17-11/h4-5,8,11,17,20H,6-7,9H2,1-3H3. The minimum Gasteiger partial charge on any atom is -0.395 e. The molecule has 1 aromatic heterocycles. The summed E-state index contributed by atoms with van der Waals surface area (Å²) in [7, 11) is 0. The lowest BCUT2D eigenvalue weighted by Crippen LogP contribution is -2.18. The van der Waals surface area contributed by atoms with E-state index in [9.17, 15) is 15.2 Å². The van der Waals surface area contributed by atoms with Gasteiger partial charge in [-0.15, -0.1) is 0 Å². The molecule has 0 aliphatic carbocycles. The summed E-state index contributed by atoms with van der Waals surface area (Å²) in [5.74, 6) is 0. The van der Waals surface area contributed by atoms with E-state index in [0.717, 1.165) is 28.7 Å². The number of nitro benzene ring substituents is 1. The average Bonchev–Trinajstić information content (AvgIpc) is 3.19. The monoisotopic (exact) mass is 303 g/mol. The smallest absolute Gasteiger partial charge is 0.274 e. The normalized spacial score (nSPS) is 17.9. The molecule has 1 atom stereocenters. The number of rotatable bonds is 4. The molecule has 1 aromatic carbocycles. The fourth-order valence-corrected chi connectivity index (χ4v) is 3.10. The van der Waals surface area contributed by atoms with Crippen LogP contribution in [-0.2, 0) is 12.0 Å². The van der Waals surface area contributed by atoms with Crippen molar-refractivity contribution in [3.05, 3.63) is 39.6 Å². The molecule has 118 valence electrons. The van der Waals surface area contributed by atoms with Gasteiger partial charge in [0.15, 0.2) is 0 Å². The van der Waals surface area contributed by atoms with Crippen molar-refractivity contribution < 1.29 is 10.0 Å². The topological polar surface area (TPSA) is 90.2 Å². The largest absolute Gasteiger partial charge is 0.395 e. The third kappa shape index (κ3) is 2.38. The van der Waals surface area contributed by atoms with Gasteiger partial charge in [-0.1, -0.05) is 20.8 Å². The van der Waals surface area contributed by atoms with Crippen LogP contribution in [0.2, 0.25) is 0 Å². The Hall–Kier alpha value is -1.92. The molecule has 2 aromatic rings. The first-order valence-electron chi connectivity index (χ1n) is 7.50. The van der Waals surface area contributed by atoms with Crippen LogP contribution >= 0.6 is 0 Å². The highest BCUT2D eigenvalue weighted by molar-refractivity contribution is 5.89. The molecular weight excluding hydrogens is 282 g/mol. The SMILES string of the molecule is CC(C)(C)c1cc2c(C3CN3)c([N+](=O)[O-])ccc2n1CCO. The van der Waals surface area contributed by atoms with Crippen molar-refractivity contribution in [2.24, 2.45) is 0 Å². The van der Waals surface area contributed by atoms with Gasteiger partial charge in [0.25, 0.3) is 5.69 Å². The molecule has 1 saturated heterocycles. The Morgan fingerprint density at radius 3 is 2.64 bits per heavy atom. The van der Waals surface area contributed by atoms with Crippen molar-refractivity contribution in [3.8, 4) is 0 Å². The lowest BCUT2D eigenvalue weighted by atomic mass is 9.91. The highest BCUT2D eigenvalue weighted by atomic mass is 16.6. The van der Waals surface area contributed by atoms with E-state index in [0.29, 0.717) is 6.54 Å². The first-order valence-corrected chi connectivity index (χ1v) is 7.50. The number of nitrogens with zero attached hydrogens (tertiary/aromatic N) is 2. The van der Waals surface area contributed by atoms with Crippen LogP contribution in [0.25, 0.3) is 10.9 Å². The van der Waals surface area contributed by atoms with Crippen LogP contribution in [-0.4, -0.2) is 27.7 Å². The summed E-state index contributed by atoms with van der Waals surface area (Å²) in [4.78, 5) is 11.0. The molecule has 6 nitrogen and oxygen atoms in total. The molecule has 1 unspecified atom stereocenters. The maximum atomic E-state index is 11.3. The molecule has 1 fully saturated rings. The molecule has 1 aliphatic rings. The predicted octanol–water partition coefficient (Wildman–Crippen LogP) is 2.48. The second-order valence-electron chi connectivity index (χ2n) is 6.80. The molecule has 2 N–H and O–H groups in total. The first kappa shape index (κ1) is 15.0. The van der Waals surface area contributed by atoms with Crippen LogP contribution in [0, 0.1) is 10.1 Å². The van der Waals surface area contributed by atoms with Crippen molar-refractivity contribution in [2.45, 2.75) is 38.8 Å². The fraction of sp³-hybridized carbons (Fsp3) is 0.500. The first-order chi connectivity index (χ1) is 10.3. The summed E-state index contributed by atoms with van der Waals surface area (Å²) >= 11 is 0. The molecule has 2 heterocycles. The Morgan fingerprint density at radius 2 is 2.14 bits per heavy atom. The number of aliphatic hydroxyl groups excluding tert-OH is 1. The molecule has 0 radical (unpaired) electrons. The number of aliphatic hydroxyl groups is 1. The quantitative estimate of drug-likeness (QED) is 0.516. The number of nitro groups is 1. The zero-order valence-corrected chi connectivity index (χ0v) is 13.1. The Bertz CT molecular complexity index is 739. The molecular formula is C16H21N3O3. The van der Waals surface area contributed by atoms with E-state index in [1.54, 1.807) is 12.1 Å². The van der Waals surface area contributed by atoms with E-state index >= 15 is 0 Å². The number of aromatic nitrogens is 1. The van der Waals surface area contributed by atoms with Crippen LogP contribution in [0.15, 0.2) is 18.2 Å². The minimum atomic E-state index is -0.311. The van der Waals surface area contributed by atoms with Gasteiger partial charge in [-0.3, -0.25) is 10.1 Å². The van der Waals surface area contributed by atoms with Gasteiger partial charge in [0.2, 0.25) is 0 Å². The van der Waals surface area contributed by atoms with Gasteiger partial charge in [0.1, 0.15) is 0 Å². The Morgan fingerprint density at radius 1 is 1.45 bits per heavy atom. The molecule has 0 saturated carbocycles. The second kappa shape index (κ2) is 5.07. The fourth-order valence-electron chi connectivity index (χ4n) is 3.10. The van der Waals surface area contributed by atoms with Crippen LogP contribution in [0.4, 0.5) is 5.69 Å². The van der Waals surface area contributed by atoms with Crippen molar-refractivity contribution in [1.82, 2.24) is 9.88 Å². The lowest BCUT2D eigenvalue weighted by Gasteiger charge is -2.21. The molecule has 0 amide bonds. The third-order valence-corrected chi connectivity index (χ3v) is 4.15. The predicted molar refractivity (Wildman–Crippen MR) is 85.1 cm³/mol. The minimum absolute atomic E-state index is 0.0425. The van der Waals surface area contributed by atoms with E-state index in [1.165, 1.54) is 0 Å². The summed E-state index contributed by atoms with van der Waals surface area (Å²) < 4.78 is 2.07. The maximum Gasteiger partial charge on any atom is 0.274 e. The number of nitrogens with one attached hydrogen (secondary N) is 1. The second-order valence-corrected chi connectivity index (χ2v) is 6.80.